The Balaban J connectivity index is 2.57. The summed E-state index contributed by atoms with van der Waals surface area (Å²) in [5.41, 5.74) is 0. The number of nitrogens with one attached hydrogen (secondary N) is 1. The first-order chi connectivity index (χ1) is 8.10. The van der Waals surface area contributed by atoms with Crippen LogP contribution in [-0.2, 0) is 9.53 Å². The highest BCUT2D eigenvalue weighted by molar-refractivity contribution is 5.83. The molecule has 0 aromatic carbocycles. The number of aliphatic carboxylic acids is 1. The molecule has 0 aromatic heterocycles. The molecule has 1 saturated heterocycles. The third-order valence-corrected chi connectivity index (χ3v) is 2.69. The second-order valence-corrected chi connectivity index (χ2v) is 3.79. The minimum Gasteiger partial charge on any atom is -0.480 e. The van der Waals surface area contributed by atoms with Crippen molar-refractivity contribution in [3.63, 3.8) is 0 Å². The normalized spacial score (nSPS) is 23.2. The standard InChI is InChI=1S/C11H16N2O4/c1-3-4-5-12-11(16)13-7-8(17-2)6-9(13)10(14)15/h1,8-9H,4-7H2,2H3,(H,12,16)(H,14,15). The van der Waals surface area contributed by atoms with Crippen LogP contribution in [0.25, 0.3) is 0 Å². The van der Waals surface area contributed by atoms with Crippen molar-refractivity contribution in [3.05, 3.63) is 0 Å². The number of hydrogen-bond acceptors (Lipinski definition) is 3. The Morgan fingerprint density at radius 1 is 1.65 bits per heavy atom. The van der Waals surface area contributed by atoms with Gasteiger partial charge in [0.1, 0.15) is 6.04 Å². The summed E-state index contributed by atoms with van der Waals surface area (Å²) in [5.74, 6) is 1.38. The minimum absolute atomic E-state index is 0.227. The average Bonchev–Trinajstić information content (AvgIpc) is 2.73. The number of carboxylic acid groups (broad SMARTS) is 1. The summed E-state index contributed by atoms with van der Waals surface area (Å²) in [5, 5.41) is 11.6. The number of hydrogen-bond donors (Lipinski definition) is 2. The van der Waals surface area contributed by atoms with Crippen LogP contribution in [0, 0.1) is 12.3 Å². The van der Waals surface area contributed by atoms with E-state index in [1.165, 1.54) is 12.0 Å². The smallest absolute Gasteiger partial charge is 0.326 e. The third-order valence-electron chi connectivity index (χ3n) is 2.69. The predicted octanol–water partition coefficient (Wildman–Crippen LogP) is -0.107. The maximum absolute atomic E-state index is 11.7. The molecule has 0 aromatic rings. The van der Waals surface area contributed by atoms with E-state index in [1.807, 2.05) is 0 Å². The zero-order chi connectivity index (χ0) is 12.8. The lowest BCUT2D eigenvalue weighted by molar-refractivity contribution is -0.141. The average molecular weight is 240 g/mol. The molecule has 94 valence electrons. The fourth-order valence-electron chi connectivity index (χ4n) is 1.77. The van der Waals surface area contributed by atoms with Crippen LogP contribution in [0.2, 0.25) is 0 Å². The largest absolute Gasteiger partial charge is 0.480 e. The molecule has 2 atom stereocenters. The molecule has 0 radical (unpaired) electrons. The minimum atomic E-state index is -1.02. The molecule has 2 amide bonds. The van der Waals surface area contributed by atoms with Crippen molar-refractivity contribution in [2.45, 2.75) is 25.0 Å². The van der Waals surface area contributed by atoms with Gasteiger partial charge in [0.2, 0.25) is 0 Å². The number of carbonyl (C=O) groups excluding carboxylic acids is 1. The molecule has 0 bridgehead atoms. The summed E-state index contributed by atoms with van der Waals surface area (Å²) in [6.07, 6.45) is 5.57. The van der Waals surface area contributed by atoms with Crippen molar-refractivity contribution < 1.29 is 19.4 Å². The van der Waals surface area contributed by atoms with Gasteiger partial charge >= 0.3 is 12.0 Å². The number of urea groups is 1. The van der Waals surface area contributed by atoms with Gasteiger partial charge in [-0.2, -0.15) is 0 Å². The summed E-state index contributed by atoms with van der Waals surface area (Å²) in [6.45, 7) is 0.630. The SMILES string of the molecule is C#CCCNC(=O)N1CC(OC)CC1C(=O)O. The number of ether oxygens (including phenoxy) is 1. The Bertz CT molecular complexity index is 337. The quantitative estimate of drug-likeness (QED) is 0.531. The van der Waals surface area contributed by atoms with E-state index in [-0.39, 0.29) is 12.6 Å². The van der Waals surface area contributed by atoms with Crippen molar-refractivity contribution in [3.8, 4) is 12.3 Å². The third kappa shape index (κ3) is 3.36. The summed E-state index contributed by atoms with van der Waals surface area (Å²) >= 11 is 0. The van der Waals surface area contributed by atoms with E-state index in [0.29, 0.717) is 19.4 Å². The molecule has 0 aliphatic carbocycles. The van der Waals surface area contributed by atoms with Gasteiger partial charge in [0.25, 0.3) is 0 Å². The Labute approximate surface area is 99.9 Å². The van der Waals surface area contributed by atoms with Crippen LogP contribution in [0.3, 0.4) is 0 Å². The maximum atomic E-state index is 11.7. The molecule has 1 heterocycles. The van der Waals surface area contributed by atoms with Crippen LogP contribution in [0.5, 0.6) is 0 Å². The van der Waals surface area contributed by atoms with Crippen LogP contribution in [0.15, 0.2) is 0 Å². The second kappa shape index (κ2) is 6.11. The molecule has 2 N–H and O–H groups in total. The van der Waals surface area contributed by atoms with Crippen LogP contribution < -0.4 is 5.32 Å². The number of amides is 2. The van der Waals surface area contributed by atoms with Gasteiger partial charge in [-0.15, -0.1) is 12.3 Å². The van der Waals surface area contributed by atoms with Gasteiger partial charge in [-0.1, -0.05) is 0 Å². The van der Waals surface area contributed by atoms with Crippen LogP contribution in [0.1, 0.15) is 12.8 Å². The van der Waals surface area contributed by atoms with Gasteiger partial charge in [-0.25, -0.2) is 9.59 Å². The zero-order valence-corrected chi connectivity index (χ0v) is 9.68. The van der Waals surface area contributed by atoms with Gasteiger partial charge in [0.15, 0.2) is 0 Å². The number of methoxy groups -OCH3 is 1. The molecule has 0 spiro atoms. The monoisotopic (exact) mass is 240 g/mol. The van der Waals surface area contributed by atoms with Crippen molar-refractivity contribution in [2.75, 3.05) is 20.2 Å². The van der Waals surface area contributed by atoms with Gasteiger partial charge in [0.05, 0.1) is 6.10 Å². The highest BCUT2D eigenvalue weighted by atomic mass is 16.5. The van der Waals surface area contributed by atoms with Crippen molar-refractivity contribution in [2.24, 2.45) is 0 Å². The second-order valence-electron chi connectivity index (χ2n) is 3.79. The molecule has 1 aliphatic heterocycles. The molecule has 6 heteroatoms. The highest BCUT2D eigenvalue weighted by Crippen LogP contribution is 2.20. The number of carboxylic acids is 1. The van der Waals surface area contributed by atoms with Crippen LogP contribution in [0.4, 0.5) is 4.79 Å². The molecule has 0 saturated carbocycles. The van der Waals surface area contributed by atoms with Crippen LogP contribution >= 0.6 is 0 Å². The first kappa shape index (κ1) is 13.3. The van der Waals surface area contributed by atoms with Crippen molar-refractivity contribution in [1.82, 2.24) is 10.2 Å². The van der Waals surface area contributed by atoms with E-state index in [2.05, 4.69) is 11.2 Å². The molecule has 1 rings (SSSR count). The summed E-state index contributed by atoms with van der Waals surface area (Å²) in [4.78, 5) is 24.0. The number of nitrogens with zero attached hydrogens (tertiary/aromatic N) is 1. The van der Waals surface area contributed by atoms with Crippen LogP contribution in [-0.4, -0.2) is 54.4 Å². The predicted molar refractivity (Wildman–Crippen MR) is 60.4 cm³/mol. The van der Waals surface area contributed by atoms with E-state index in [9.17, 15) is 9.59 Å². The number of carbonyl (C=O) groups is 2. The lowest BCUT2D eigenvalue weighted by Gasteiger charge is -2.21. The van der Waals surface area contributed by atoms with E-state index in [0.717, 1.165) is 0 Å². The molecular formula is C11H16N2O4. The first-order valence-electron chi connectivity index (χ1n) is 5.33. The van der Waals surface area contributed by atoms with E-state index >= 15 is 0 Å². The fraction of sp³-hybridized carbons (Fsp3) is 0.636. The fourth-order valence-corrected chi connectivity index (χ4v) is 1.77. The zero-order valence-electron chi connectivity index (χ0n) is 9.68. The van der Waals surface area contributed by atoms with Gasteiger partial charge in [-0.05, 0) is 0 Å². The van der Waals surface area contributed by atoms with E-state index in [1.54, 1.807) is 0 Å². The Kier molecular flexibility index (Phi) is 4.79. The Morgan fingerprint density at radius 3 is 2.88 bits per heavy atom. The van der Waals surface area contributed by atoms with Gasteiger partial charge in [-0.3, -0.25) is 0 Å². The highest BCUT2D eigenvalue weighted by Gasteiger charge is 2.39. The molecule has 1 fully saturated rings. The van der Waals surface area contributed by atoms with Crippen molar-refractivity contribution in [1.29, 1.82) is 0 Å². The lowest BCUT2D eigenvalue weighted by atomic mass is 10.2. The first-order valence-corrected chi connectivity index (χ1v) is 5.33. The van der Waals surface area contributed by atoms with E-state index in [4.69, 9.17) is 16.3 Å². The molecule has 1 aliphatic rings. The molecule has 17 heavy (non-hydrogen) atoms. The van der Waals surface area contributed by atoms with E-state index < -0.39 is 18.0 Å². The topological polar surface area (TPSA) is 78.9 Å². The number of terminal acetylenes is 1. The molecule has 2 unspecified atom stereocenters. The molecular weight excluding hydrogens is 224 g/mol. The number of likely N-dealkylation sites (tertiary alicyclic amines) is 1. The lowest BCUT2D eigenvalue weighted by Crippen LogP contribution is -2.46. The summed E-state index contributed by atoms with van der Waals surface area (Å²) in [7, 11) is 1.50. The maximum Gasteiger partial charge on any atom is 0.326 e. The Hall–Kier alpha value is -1.74. The summed E-state index contributed by atoms with van der Waals surface area (Å²) in [6, 6.07) is -1.24. The Morgan fingerprint density at radius 2 is 2.35 bits per heavy atom. The van der Waals surface area contributed by atoms with Gasteiger partial charge in [0, 0.05) is 33.0 Å². The molecule has 6 nitrogen and oxygen atoms in total. The number of rotatable bonds is 4. The summed E-state index contributed by atoms with van der Waals surface area (Å²) < 4.78 is 5.08. The van der Waals surface area contributed by atoms with Gasteiger partial charge < -0.3 is 20.1 Å². The van der Waals surface area contributed by atoms with Crippen molar-refractivity contribution >= 4 is 12.0 Å².